The number of pyridine rings is 1. The number of halogens is 3. The number of nitrogens with zero attached hydrogens (tertiary/aromatic N) is 3. The summed E-state index contributed by atoms with van der Waals surface area (Å²) in [6.45, 7) is 3.89. The summed E-state index contributed by atoms with van der Waals surface area (Å²) in [4.78, 5) is 32.4. The molecular weight excluding hydrogens is 411 g/mol. The molecule has 2 aromatic heterocycles. The van der Waals surface area contributed by atoms with Crippen LogP contribution in [0.25, 0.3) is 0 Å². The molecule has 0 bridgehead atoms. The standard InChI is InChI=1S/C16H19N3O2S.C2HF3O2/c1-12-15(22-11-18-12)16(20)19-8-5-14(6-9-19)21-10-13-4-2-3-7-17-13;3-2(4,5)1(6)7/h2-4,7,11,14H,5-6,8-10H2,1H3;(H,6,7). The van der Waals surface area contributed by atoms with Gasteiger partial charge in [0.2, 0.25) is 0 Å². The Labute approximate surface area is 169 Å². The molecule has 3 rings (SSSR count). The van der Waals surface area contributed by atoms with Crippen molar-refractivity contribution in [3.8, 4) is 0 Å². The fourth-order valence-corrected chi connectivity index (χ4v) is 3.33. The maximum absolute atomic E-state index is 12.4. The number of aliphatic carboxylic acids is 1. The van der Waals surface area contributed by atoms with Crippen LogP contribution >= 0.6 is 11.3 Å². The van der Waals surface area contributed by atoms with Crippen molar-refractivity contribution in [1.82, 2.24) is 14.9 Å². The van der Waals surface area contributed by atoms with E-state index in [1.165, 1.54) is 11.3 Å². The lowest BCUT2D eigenvalue weighted by atomic mass is 10.1. The van der Waals surface area contributed by atoms with E-state index < -0.39 is 12.1 Å². The molecule has 0 spiro atoms. The molecule has 11 heteroatoms. The summed E-state index contributed by atoms with van der Waals surface area (Å²) in [6, 6.07) is 5.82. The number of carbonyl (C=O) groups excluding carboxylic acids is 1. The molecule has 7 nitrogen and oxygen atoms in total. The molecule has 0 radical (unpaired) electrons. The maximum atomic E-state index is 12.4. The first-order valence-corrected chi connectivity index (χ1v) is 9.57. The van der Waals surface area contributed by atoms with Gasteiger partial charge in [-0.05, 0) is 31.9 Å². The lowest BCUT2D eigenvalue weighted by Gasteiger charge is -2.31. The molecule has 1 fully saturated rings. The van der Waals surface area contributed by atoms with E-state index in [1.807, 2.05) is 30.0 Å². The Morgan fingerprint density at radius 1 is 1.28 bits per heavy atom. The molecule has 3 heterocycles. The van der Waals surface area contributed by atoms with Crippen molar-refractivity contribution in [2.24, 2.45) is 0 Å². The van der Waals surface area contributed by atoms with Crippen LogP contribution in [0.4, 0.5) is 13.2 Å². The highest BCUT2D eigenvalue weighted by atomic mass is 32.1. The van der Waals surface area contributed by atoms with E-state index in [0.29, 0.717) is 6.61 Å². The van der Waals surface area contributed by atoms with Crippen LogP contribution in [0.2, 0.25) is 0 Å². The molecule has 1 aliphatic heterocycles. The quantitative estimate of drug-likeness (QED) is 0.799. The van der Waals surface area contributed by atoms with Gasteiger partial charge in [-0.1, -0.05) is 6.07 Å². The summed E-state index contributed by atoms with van der Waals surface area (Å²) in [5.74, 6) is -2.66. The molecule has 158 valence electrons. The smallest absolute Gasteiger partial charge is 0.475 e. The van der Waals surface area contributed by atoms with Crippen molar-refractivity contribution in [3.05, 3.63) is 46.2 Å². The zero-order valence-corrected chi connectivity index (χ0v) is 16.4. The average molecular weight is 431 g/mol. The molecule has 1 N–H and O–H groups in total. The van der Waals surface area contributed by atoms with Gasteiger partial charge in [-0.25, -0.2) is 9.78 Å². The van der Waals surface area contributed by atoms with Gasteiger partial charge in [-0.15, -0.1) is 11.3 Å². The Morgan fingerprint density at radius 3 is 2.41 bits per heavy atom. The number of piperidine rings is 1. The van der Waals surface area contributed by atoms with Crippen molar-refractivity contribution in [2.75, 3.05) is 13.1 Å². The van der Waals surface area contributed by atoms with Crippen molar-refractivity contribution in [2.45, 2.75) is 38.7 Å². The summed E-state index contributed by atoms with van der Waals surface area (Å²) in [5, 5.41) is 7.12. The van der Waals surface area contributed by atoms with Crippen molar-refractivity contribution in [1.29, 1.82) is 0 Å². The minimum absolute atomic E-state index is 0.100. The number of likely N-dealkylation sites (tertiary alicyclic amines) is 1. The molecule has 0 aliphatic carbocycles. The van der Waals surface area contributed by atoms with Crippen LogP contribution in [0.1, 0.15) is 33.9 Å². The van der Waals surface area contributed by atoms with E-state index in [1.54, 1.807) is 11.7 Å². The van der Waals surface area contributed by atoms with E-state index in [0.717, 1.165) is 42.2 Å². The molecule has 2 aromatic rings. The lowest BCUT2D eigenvalue weighted by molar-refractivity contribution is -0.192. The molecule has 0 saturated carbocycles. The number of aromatic nitrogens is 2. The van der Waals surface area contributed by atoms with Gasteiger partial charge >= 0.3 is 12.1 Å². The normalized spacial score (nSPS) is 14.8. The van der Waals surface area contributed by atoms with E-state index >= 15 is 0 Å². The summed E-state index contributed by atoms with van der Waals surface area (Å²) in [5.41, 5.74) is 3.50. The molecule has 0 unspecified atom stereocenters. The summed E-state index contributed by atoms with van der Waals surface area (Å²) in [6.07, 6.45) is -1.36. The number of amides is 1. The number of carboxylic acid groups (broad SMARTS) is 1. The third-order valence-corrected chi connectivity index (χ3v) is 5.02. The first-order valence-electron chi connectivity index (χ1n) is 8.69. The Kier molecular flexibility index (Phi) is 8.09. The number of thiazole rings is 1. The summed E-state index contributed by atoms with van der Waals surface area (Å²) < 4.78 is 37.6. The fraction of sp³-hybridized carbons (Fsp3) is 0.444. The first kappa shape index (κ1) is 22.8. The molecule has 1 aliphatic rings. The fourth-order valence-electron chi connectivity index (χ4n) is 2.56. The predicted molar refractivity (Wildman–Crippen MR) is 98.5 cm³/mol. The van der Waals surface area contributed by atoms with Gasteiger partial charge < -0.3 is 14.7 Å². The first-order chi connectivity index (χ1) is 13.7. The van der Waals surface area contributed by atoms with Crippen molar-refractivity contribution >= 4 is 23.2 Å². The van der Waals surface area contributed by atoms with Gasteiger partial charge in [-0.3, -0.25) is 9.78 Å². The van der Waals surface area contributed by atoms with Crippen molar-refractivity contribution in [3.63, 3.8) is 0 Å². The van der Waals surface area contributed by atoms with Crippen LogP contribution in [0, 0.1) is 6.92 Å². The Morgan fingerprint density at radius 2 is 1.93 bits per heavy atom. The third kappa shape index (κ3) is 7.09. The predicted octanol–water partition coefficient (Wildman–Crippen LogP) is 3.30. The molecule has 1 saturated heterocycles. The van der Waals surface area contributed by atoms with E-state index in [9.17, 15) is 18.0 Å². The number of ether oxygens (including phenoxy) is 1. The number of hydrogen-bond acceptors (Lipinski definition) is 6. The second-order valence-electron chi connectivity index (χ2n) is 6.19. The molecule has 0 atom stereocenters. The van der Waals surface area contributed by atoms with E-state index in [-0.39, 0.29) is 12.0 Å². The second-order valence-corrected chi connectivity index (χ2v) is 7.05. The van der Waals surface area contributed by atoms with Crippen molar-refractivity contribution < 1.29 is 32.6 Å². The van der Waals surface area contributed by atoms with Crippen LogP contribution in [0.3, 0.4) is 0 Å². The van der Waals surface area contributed by atoms with Crippen LogP contribution in [0.5, 0.6) is 0 Å². The summed E-state index contributed by atoms with van der Waals surface area (Å²) in [7, 11) is 0. The second kappa shape index (κ2) is 10.3. The molecule has 1 amide bonds. The number of alkyl halides is 3. The minimum Gasteiger partial charge on any atom is -0.475 e. The number of hydrogen-bond donors (Lipinski definition) is 1. The van der Waals surface area contributed by atoms with Crippen LogP contribution in [0.15, 0.2) is 29.9 Å². The highest BCUT2D eigenvalue weighted by Crippen LogP contribution is 2.20. The number of carbonyl (C=O) groups is 2. The SMILES string of the molecule is Cc1ncsc1C(=O)N1CCC(OCc2ccccn2)CC1.O=C(O)C(F)(F)F. The van der Waals surface area contributed by atoms with Gasteiger partial charge in [0, 0.05) is 19.3 Å². The van der Waals surface area contributed by atoms with E-state index in [4.69, 9.17) is 14.6 Å². The Bertz CT molecular complexity index is 806. The maximum Gasteiger partial charge on any atom is 0.490 e. The average Bonchev–Trinajstić information content (AvgIpc) is 3.13. The van der Waals surface area contributed by atoms with Crippen LogP contribution in [-0.4, -0.2) is 57.2 Å². The zero-order valence-electron chi connectivity index (χ0n) is 15.6. The Balaban J connectivity index is 0.000000370. The monoisotopic (exact) mass is 431 g/mol. The van der Waals surface area contributed by atoms with Crippen LogP contribution in [-0.2, 0) is 16.1 Å². The van der Waals surface area contributed by atoms with Gasteiger partial charge in [-0.2, -0.15) is 13.2 Å². The molecular formula is C18H20F3N3O4S. The van der Waals surface area contributed by atoms with Gasteiger partial charge in [0.1, 0.15) is 4.88 Å². The number of aryl methyl sites for hydroxylation is 1. The zero-order chi connectivity index (χ0) is 21.4. The topological polar surface area (TPSA) is 92.6 Å². The summed E-state index contributed by atoms with van der Waals surface area (Å²) >= 11 is 1.42. The minimum atomic E-state index is -5.08. The third-order valence-electron chi connectivity index (χ3n) is 4.10. The highest BCUT2D eigenvalue weighted by Gasteiger charge is 2.38. The van der Waals surface area contributed by atoms with Gasteiger partial charge in [0.15, 0.2) is 0 Å². The van der Waals surface area contributed by atoms with Gasteiger partial charge in [0.25, 0.3) is 5.91 Å². The molecule has 0 aromatic carbocycles. The molecule has 29 heavy (non-hydrogen) atoms. The van der Waals surface area contributed by atoms with E-state index in [2.05, 4.69) is 9.97 Å². The number of carboxylic acids is 1. The Hall–Kier alpha value is -2.53. The number of rotatable bonds is 4. The largest absolute Gasteiger partial charge is 0.490 e. The van der Waals surface area contributed by atoms with Crippen LogP contribution < -0.4 is 0 Å². The lowest BCUT2D eigenvalue weighted by Crippen LogP contribution is -2.40. The highest BCUT2D eigenvalue weighted by molar-refractivity contribution is 7.11. The van der Waals surface area contributed by atoms with Gasteiger partial charge in [0.05, 0.1) is 29.6 Å².